The lowest BCUT2D eigenvalue weighted by atomic mass is 9.84. The monoisotopic (exact) mass is 209 g/mol. The maximum Gasteiger partial charge on any atom is 0.0113 e. The second kappa shape index (κ2) is 5.31. The highest BCUT2D eigenvalue weighted by Gasteiger charge is 2.26. The lowest BCUT2D eigenvalue weighted by molar-refractivity contribution is 0.0815. The zero-order valence-corrected chi connectivity index (χ0v) is 10.1. The van der Waals surface area contributed by atoms with Crippen LogP contribution in [0.15, 0.2) is 0 Å². The number of likely N-dealkylation sites (N-methyl/N-ethyl adjacent to an activating group) is 1. The minimum absolute atomic E-state index is 0.890. The standard InChI is InChI=1S/C13H25N2/c1-3-12-4-6-13(7-5-12)15-10-8-14(2)9-11-15/h12-13H,1,3-11H2,2H3. The fraction of sp³-hybridized carbons (Fsp3) is 0.923. The van der Waals surface area contributed by atoms with E-state index in [0.717, 1.165) is 18.4 Å². The highest BCUT2D eigenvalue weighted by atomic mass is 15.3. The molecule has 0 bridgehead atoms. The van der Waals surface area contributed by atoms with Crippen LogP contribution in [0.5, 0.6) is 0 Å². The number of hydrogen-bond acceptors (Lipinski definition) is 2. The normalized spacial score (nSPS) is 35.6. The Balaban J connectivity index is 1.75. The fourth-order valence-corrected chi connectivity index (χ4v) is 2.99. The van der Waals surface area contributed by atoms with Gasteiger partial charge in [0.25, 0.3) is 0 Å². The molecule has 1 saturated heterocycles. The molecule has 2 aliphatic rings. The number of piperazine rings is 1. The topological polar surface area (TPSA) is 6.48 Å². The number of rotatable bonds is 2. The first-order chi connectivity index (χ1) is 7.29. The van der Waals surface area contributed by atoms with Crippen molar-refractivity contribution in [1.82, 2.24) is 9.80 Å². The van der Waals surface area contributed by atoms with Crippen molar-refractivity contribution >= 4 is 0 Å². The van der Waals surface area contributed by atoms with Gasteiger partial charge in [-0.15, -0.1) is 0 Å². The van der Waals surface area contributed by atoms with Crippen LogP contribution in [0, 0.1) is 12.8 Å². The van der Waals surface area contributed by atoms with Crippen molar-refractivity contribution in [3.8, 4) is 0 Å². The molecule has 0 unspecified atom stereocenters. The fourth-order valence-electron chi connectivity index (χ4n) is 2.99. The Morgan fingerprint density at radius 3 is 2.13 bits per heavy atom. The van der Waals surface area contributed by atoms with E-state index >= 15 is 0 Å². The molecular formula is C13H25N2. The summed E-state index contributed by atoms with van der Waals surface area (Å²) in [5, 5.41) is 0. The lowest BCUT2D eigenvalue weighted by Crippen LogP contribution is -2.49. The molecular weight excluding hydrogens is 184 g/mol. The van der Waals surface area contributed by atoms with Crippen LogP contribution in [0.2, 0.25) is 0 Å². The Labute approximate surface area is 94.6 Å². The molecule has 1 radical (unpaired) electrons. The van der Waals surface area contributed by atoms with Crippen LogP contribution in [0.4, 0.5) is 0 Å². The van der Waals surface area contributed by atoms with E-state index in [9.17, 15) is 0 Å². The lowest BCUT2D eigenvalue weighted by Gasteiger charge is -2.41. The average molecular weight is 209 g/mol. The molecule has 1 aliphatic carbocycles. The van der Waals surface area contributed by atoms with E-state index in [1.165, 1.54) is 51.9 Å². The van der Waals surface area contributed by atoms with Gasteiger partial charge in [0.05, 0.1) is 0 Å². The molecule has 2 rings (SSSR count). The van der Waals surface area contributed by atoms with Gasteiger partial charge in [0.1, 0.15) is 0 Å². The Hall–Kier alpha value is -0.0800. The summed E-state index contributed by atoms with van der Waals surface area (Å²) in [6, 6.07) is 0.890. The summed E-state index contributed by atoms with van der Waals surface area (Å²) in [5.41, 5.74) is 0. The van der Waals surface area contributed by atoms with Crippen LogP contribution in [0.25, 0.3) is 0 Å². The highest BCUT2D eigenvalue weighted by molar-refractivity contribution is 4.82. The van der Waals surface area contributed by atoms with Crippen LogP contribution in [0.1, 0.15) is 32.1 Å². The predicted molar refractivity (Wildman–Crippen MR) is 64.8 cm³/mol. The van der Waals surface area contributed by atoms with E-state index < -0.39 is 0 Å². The van der Waals surface area contributed by atoms with Gasteiger partial charge < -0.3 is 4.90 Å². The molecule has 0 aromatic carbocycles. The molecule has 0 aromatic rings. The van der Waals surface area contributed by atoms with Crippen molar-refractivity contribution < 1.29 is 0 Å². The minimum atomic E-state index is 0.890. The Morgan fingerprint density at radius 1 is 1.00 bits per heavy atom. The van der Waals surface area contributed by atoms with Gasteiger partial charge >= 0.3 is 0 Å². The van der Waals surface area contributed by atoms with E-state index in [1.54, 1.807) is 0 Å². The van der Waals surface area contributed by atoms with Crippen molar-refractivity contribution in [2.75, 3.05) is 33.2 Å². The summed E-state index contributed by atoms with van der Waals surface area (Å²) >= 11 is 0. The zero-order valence-electron chi connectivity index (χ0n) is 10.1. The molecule has 0 spiro atoms. The molecule has 1 heterocycles. The molecule has 2 fully saturated rings. The summed E-state index contributed by atoms with van der Waals surface area (Å²) in [6.07, 6.45) is 6.82. The molecule has 0 amide bonds. The van der Waals surface area contributed by atoms with Gasteiger partial charge in [0.2, 0.25) is 0 Å². The summed E-state index contributed by atoms with van der Waals surface area (Å²) in [7, 11) is 2.23. The van der Waals surface area contributed by atoms with Gasteiger partial charge in [-0.1, -0.05) is 13.3 Å². The molecule has 0 aromatic heterocycles. The molecule has 87 valence electrons. The first kappa shape index (κ1) is 11.4. The SMILES string of the molecule is [CH2]CC1CCC(N2CCN(C)CC2)CC1. The molecule has 1 saturated carbocycles. The maximum absolute atomic E-state index is 4.04. The largest absolute Gasteiger partial charge is 0.304 e. The average Bonchev–Trinajstić information content (AvgIpc) is 2.30. The third-order valence-electron chi connectivity index (χ3n) is 4.28. The number of hydrogen-bond donors (Lipinski definition) is 0. The summed E-state index contributed by atoms with van der Waals surface area (Å²) in [5.74, 6) is 0.925. The van der Waals surface area contributed by atoms with Crippen molar-refractivity contribution in [1.29, 1.82) is 0 Å². The molecule has 0 N–H and O–H groups in total. The molecule has 2 nitrogen and oxygen atoms in total. The first-order valence-corrected chi connectivity index (χ1v) is 6.51. The van der Waals surface area contributed by atoms with Crippen LogP contribution in [-0.2, 0) is 0 Å². The smallest absolute Gasteiger partial charge is 0.0113 e. The molecule has 1 aliphatic heterocycles. The van der Waals surface area contributed by atoms with Crippen LogP contribution < -0.4 is 0 Å². The second-order valence-electron chi connectivity index (χ2n) is 5.30. The molecule has 0 atom stereocenters. The first-order valence-electron chi connectivity index (χ1n) is 6.51. The van der Waals surface area contributed by atoms with Gasteiger partial charge in [0.15, 0.2) is 0 Å². The summed E-state index contributed by atoms with van der Waals surface area (Å²) < 4.78 is 0. The Bertz CT molecular complexity index is 177. The van der Waals surface area contributed by atoms with Crippen molar-refractivity contribution in [3.05, 3.63) is 6.92 Å². The predicted octanol–water partition coefficient (Wildman–Crippen LogP) is 2.02. The maximum atomic E-state index is 4.04. The highest BCUT2D eigenvalue weighted by Crippen LogP contribution is 2.29. The van der Waals surface area contributed by atoms with Crippen LogP contribution >= 0.6 is 0 Å². The second-order valence-corrected chi connectivity index (χ2v) is 5.30. The summed E-state index contributed by atoms with van der Waals surface area (Å²) in [4.78, 5) is 5.16. The molecule has 15 heavy (non-hydrogen) atoms. The van der Waals surface area contributed by atoms with Gasteiger partial charge in [-0.25, -0.2) is 0 Å². The van der Waals surface area contributed by atoms with E-state index in [2.05, 4.69) is 23.8 Å². The van der Waals surface area contributed by atoms with Crippen molar-refractivity contribution in [3.63, 3.8) is 0 Å². The van der Waals surface area contributed by atoms with Gasteiger partial charge in [-0.2, -0.15) is 0 Å². The zero-order chi connectivity index (χ0) is 10.7. The van der Waals surface area contributed by atoms with E-state index in [1.807, 2.05) is 0 Å². The third-order valence-corrected chi connectivity index (χ3v) is 4.28. The van der Waals surface area contributed by atoms with Gasteiger partial charge in [-0.3, -0.25) is 4.90 Å². The van der Waals surface area contributed by atoms with Gasteiger partial charge in [0, 0.05) is 32.2 Å². The minimum Gasteiger partial charge on any atom is -0.304 e. The number of nitrogens with zero attached hydrogens (tertiary/aromatic N) is 2. The van der Waals surface area contributed by atoms with E-state index in [4.69, 9.17) is 0 Å². The van der Waals surface area contributed by atoms with Crippen molar-refractivity contribution in [2.24, 2.45) is 5.92 Å². The summed E-state index contributed by atoms with van der Waals surface area (Å²) in [6.45, 7) is 9.13. The van der Waals surface area contributed by atoms with Crippen molar-refractivity contribution in [2.45, 2.75) is 38.1 Å². The Kier molecular flexibility index (Phi) is 4.04. The van der Waals surface area contributed by atoms with E-state index in [0.29, 0.717) is 0 Å². The van der Waals surface area contributed by atoms with Crippen LogP contribution in [-0.4, -0.2) is 49.1 Å². The third kappa shape index (κ3) is 2.94. The van der Waals surface area contributed by atoms with Crippen LogP contribution in [0.3, 0.4) is 0 Å². The van der Waals surface area contributed by atoms with Gasteiger partial charge in [-0.05, 0) is 38.6 Å². The Morgan fingerprint density at radius 2 is 1.60 bits per heavy atom. The van der Waals surface area contributed by atoms with E-state index in [-0.39, 0.29) is 0 Å². The quantitative estimate of drug-likeness (QED) is 0.686. The molecule has 2 heteroatoms.